The van der Waals surface area contributed by atoms with Crippen LogP contribution < -0.4 is 5.32 Å². The minimum atomic E-state index is -0.616. The van der Waals surface area contributed by atoms with Crippen molar-refractivity contribution in [2.45, 2.75) is 39.1 Å². The van der Waals surface area contributed by atoms with Crippen molar-refractivity contribution in [1.82, 2.24) is 10.2 Å². The molecule has 4 nitrogen and oxygen atoms in total. The van der Waals surface area contributed by atoms with E-state index in [4.69, 9.17) is 34.8 Å². The molecule has 0 aliphatic heterocycles. The van der Waals surface area contributed by atoms with Gasteiger partial charge in [0.25, 0.3) is 0 Å². The molecule has 168 valence electrons. The lowest BCUT2D eigenvalue weighted by Gasteiger charge is -2.29. The standard InChI is InChI=1S/C23H27Cl3N2O2S/c1-15(2)11-27-23(30)16(3)28(12-17-6-4-7-18(24)10-17)22(29)14-31-13-19-20(25)8-5-9-21(19)26/h4-10,15-16H,11-14H2,1-3H3,(H,27,30)/t16-/m1/s1. The fourth-order valence-electron chi connectivity index (χ4n) is 2.86. The molecule has 0 unspecified atom stereocenters. The zero-order valence-corrected chi connectivity index (χ0v) is 20.9. The molecule has 0 heterocycles. The smallest absolute Gasteiger partial charge is 0.242 e. The highest BCUT2D eigenvalue weighted by Crippen LogP contribution is 2.28. The largest absolute Gasteiger partial charge is 0.354 e. The van der Waals surface area contributed by atoms with E-state index < -0.39 is 6.04 Å². The molecule has 8 heteroatoms. The van der Waals surface area contributed by atoms with Gasteiger partial charge in [-0.05, 0) is 48.2 Å². The van der Waals surface area contributed by atoms with Crippen molar-refractivity contribution in [2.24, 2.45) is 5.92 Å². The first-order valence-corrected chi connectivity index (χ1v) is 12.3. The van der Waals surface area contributed by atoms with Gasteiger partial charge in [0.05, 0.1) is 5.75 Å². The molecule has 0 aromatic heterocycles. The van der Waals surface area contributed by atoms with Gasteiger partial charge < -0.3 is 10.2 Å². The number of halogens is 3. The molecule has 0 fully saturated rings. The van der Waals surface area contributed by atoms with Gasteiger partial charge in [-0.2, -0.15) is 0 Å². The Morgan fingerprint density at radius 2 is 1.68 bits per heavy atom. The fraction of sp³-hybridized carbons (Fsp3) is 0.391. The number of rotatable bonds is 10. The van der Waals surface area contributed by atoms with Gasteiger partial charge in [-0.3, -0.25) is 9.59 Å². The van der Waals surface area contributed by atoms with Crippen LogP contribution >= 0.6 is 46.6 Å². The van der Waals surface area contributed by atoms with Crippen molar-refractivity contribution in [2.75, 3.05) is 12.3 Å². The van der Waals surface area contributed by atoms with Gasteiger partial charge in [-0.1, -0.05) is 66.8 Å². The summed E-state index contributed by atoms with van der Waals surface area (Å²) in [6.07, 6.45) is 0. The number of hydrogen-bond donors (Lipinski definition) is 1. The van der Waals surface area contributed by atoms with E-state index >= 15 is 0 Å². The minimum Gasteiger partial charge on any atom is -0.354 e. The third-order valence-corrected chi connectivity index (χ3v) is 6.51. The van der Waals surface area contributed by atoms with Crippen LogP contribution in [0.15, 0.2) is 42.5 Å². The van der Waals surface area contributed by atoms with Crippen LogP contribution in [0.1, 0.15) is 31.9 Å². The van der Waals surface area contributed by atoms with Crippen LogP contribution in [0.4, 0.5) is 0 Å². The molecule has 1 atom stereocenters. The molecule has 0 aliphatic rings. The number of nitrogens with zero attached hydrogens (tertiary/aromatic N) is 1. The summed E-state index contributed by atoms with van der Waals surface area (Å²) in [5.74, 6) is 0.709. The SMILES string of the molecule is CC(C)CNC(=O)[C@@H](C)N(Cc1cccc(Cl)c1)C(=O)CSCc1c(Cl)cccc1Cl. The highest BCUT2D eigenvalue weighted by atomic mass is 35.5. The maximum absolute atomic E-state index is 13.1. The van der Waals surface area contributed by atoms with Crippen LogP contribution in [0, 0.1) is 5.92 Å². The first kappa shape index (κ1) is 25.9. The molecular weight excluding hydrogens is 475 g/mol. The minimum absolute atomic E-state index is 0.139. The summed E-state index contributed by atoms with van der Waals surface area (Å²) in [6.45, 7) is 6.64. The van der Waals surface area contributed by atoms with Crippen LogP contribution in [-0.4, -0.2) is 35.1 Å². The molecule has 0 saturated heterocycles. The highest BCUT2D eigenvalue weighted by Gasteiger charge is 2.26. The van der Waals surface area contributed by atoms with E-state index in [-0.39, 0.29) is 17.6 Å². The number of benzene rings is 2. The molecule has 31 heavy (non-hydrogen) atoms. The normalized spacial score (nSPS) is 12.0. The molecule has 2 amide bonds. The second-order valence-corrected chi connectivity index (χ2v) is 9.90. The first-order chi connectivity index (χ1) is 14.7. The van der Waals surface area contributed by atoms with E-state index in [2.05, 4.69) is 5.32 Å². The van der Waals surface area contributed by atoms with Crippen LogP contribution in [-0.2, 0) is 21.9 Å². The van der Waals surface area contributed by atoms with Crippen LogP contribution in [0.3, 0.4) is 0 Å². The van der Waals surface area contributed by atoms with E-state index in [9.17, 15) is 9.59 Å². The summed E-state index contributed by atoms with van der Waals surface area (Å²) in [7, 11) is 0. The monoisotopic (exact) mass is 500 g/mol. The maximum atomic E-state index is 13.1. The number of thioether (sulfide) groups is 1. The zero-order valence-electron chi connectivity index (χ0n) is 17.8. The van der Waals surface area contributed by atoms with Crippen molar-refractivity contribution < 1.29 is 9.59 Å². The molecule has 0 aliphatic carbocycles. The Kier molecular flexibility index (Phi) is 10.5. The molecule has 0 saturated carbocycles. The number of amides is 2. The van der Waals surface area contributed by atoms with Gasteiger partial charge in [-0.25, -0.2) is 0 Å². The predicted molar refractivity (Wildman–Crippen MR) is 132 cm³/mol. The van der Waals surface area contributed by atoms with Crippen LogP contribution in [0.25, 0.3) is 0 Å². The molecule has 2 aromatic carbocycles. The molecule has 1 N–H and O–H groups in total. The topological polar surface area (TPSA) is 49.4 Å². The Balaban J connectivity index is 2.10. The number of hydrogen-bond acceptors (Lipinski definition) is 3. The van der Waals surface area contributed by atoms with Gasteiger partial charge in [0.1, 0.15) is 6.04 Å². The first-order valence-electron chi connectivity index (χ1n) is 10.0. The summed E-state index contributed by atoms with van der Waals surface area (Å²) < 4.78 is 0. The van der Waals surface area contributed by atoms with Gasteiger partial charge in [0.15, 0.2) is 0 Å². The Bertz CT molecular complexity index is 888. The lowest BCUT2D eigenvalue weighted by Crippen LogP contribution is -2.48. The summed E-state index contributed by atoms with van der Waals surface area (Å²) in [5, 5.41) is 4.65. The number of nitrogens with one attached hydrogen (secondary N) is 1. The quantitative estimate of drug-likeness (QED) is 0.430. The Hall–Kier alpha value is -1.40. The summed E-state index contributed by atoms with van der Waals surface area (Å²) in [5.41, 5.74) is 1.66. The zero-order chi connectivity index (χ0) is 23.0. The third kappa shape index (κ3) is 8.23. The molecule has 0 radical (unpaired) electrons. The second-order valence-electron chi connectivity index (χ2n) is 7.66. The predicted octanol–water partition coefficient (Wildman–Crippen LogP) is 6.07. The van der Waals surface area contributed by atoms with Gasteiger partial charge in [0, 0.05) is 33.9 Å². The summed E-state index contributed by atoms with van der Waals surface area (Å²) in [6, 6.07) is 12.0. The van der Waals surface area contributed by atoms with Crippen molar-refractivity contribution in [3.63, 3.8) is 0 Å². The Morgan fingerprint density at radius 3 is 2.29 bits per heavy atom. The van der Waals surface area contributed by atoms with Gasteiger partial charge >= 0.3 is 0 Å². The average molecular weight is 502 g/mol. The van der Waals surface area contributed by atoms with Crippen molar-refractivity contribution in [1.29, 1.82) is 0 Å². The number of carbonyl (C=O) groups is 2. The maximum Gasteiger partial charge on any atom is 0.242 e. The fourth-order valence-corrected chi connectivity index (χ4v) is 4.72. The van der Waals surface area contributed by atoms with Crippen molar-refractivity contribution in [3.8, 4) is 0 Å². The van der Waals surface area contributed by atoms with Crippen LogP contribution in [0.2, 0.25) is 15.1 Å². The Labute approximate surface area is 203 Å². The molecule has 0 spiro atoms. The molecule has 2 rings (SSSR count). The van der Waals surface area contributed by atoms with Gasteiger partial charge in [0.2, 0.25) is 11.8 Å². The lowest BCUT2D eigenvalue weighted by atomic mass is 10.1. The second kappa shape index (κ2) is 12.6. The van der Waals surface area contributed by atoms with Crippen molar-refractivity contribution in [3.05, 3.63) is 68.7 Å². The van der Waals surface area contributed by atoms with Crippen LogP contribution in [0.5, 0.6) is 0 Å². The van der Waals surface area contributed by atoms with E-state index in [1.54, 1.807) is 42.2 Å². The van der Waals surface area contributed by atoms with E-state index in [1.165, 1.54) is 11.8 Å². The Morgan fingerprint density at radius 1 is 1.03 bits per heavy atom. The van der Waals surface area contributed by atoms with E-state index in [0.29, 0.717) is 39.8 Å². The lowest BCUT2D eigenvalue weighted by molar-refractivity contribution is -0.138. The van der Waals surface area contributed by atoms with E-state index in [0.717, 1.165) is 11.1 Å². The van der Waals surface area contributed by atoms with Gasteiger partial charge in [-0.15, -0.1) is 11.8 Å². The molecular formula is C23H27Cl3N2O2S. The molecule has 2 aromatic rings. The molecule has 0 bridgehead atoms. The number of carbonyl (C=O) groups excluding carboxylic acids is 2. The summed E-state index contributed by atoms with van der Waals surface area (Å²) in [4.78, 5) is 27.4. The van der Waals surface area contributed by atoms with E-state index in [1.807, 2.05) is 26.0 Å². The van der Waals surface area contributed by atoms with Crippen molar-refractivity contribution >= 4 is 58.4 Å². The average Bonchev–Trinajstić information content (AvgIpc) is 2.71. The highest BCUT2D eigenvalue weighted by molar-refractivity contribution is 7.99. The summed E-state index contributed by atoms with van der Waals surface area (Å²) >= 11 is 20.0. The third-order valence-electron chi connectivity index (χ3n) is 4.63.